The number of carbonyl (C=O) groups is 1. The Hall–Kier alpha value is -2.49. The summed E-state index contributed by atoms with van der Waals surface area (Å²) in [7, 11) is 0. The minimum atomic E-state index is -0.522. The quantitative estimate of drug-likeness (QED) is 0.580. The van der Waals surface area contributed by atoms with Crippen LogP contribution in [0.3, 0.4) is 0 Å². The summed E-state index contributed by atoms with van der Waals surface area (Å²) in [5.41, 5.74) is 1.86. The highest BCUT2D eigenvalue weighted by Crippen LogP contribution is 2.28. The molecule has 0 fully saturated rings. The van der Waals surface area contributed by atoms with Crippen LogP contribution in [0.4, 0.5) is 10.1 Å². The third-order valence-electron chi connectivity index (χ3n) is 3.13. The summed E-state index contributed by atoms with van der Waals surface area (Å²) >= 11 is 0. The number of fused-ring (bicyclic) bond motifs is 1. The van der Waals surface area contributed by atoms with E-state index in [1.165, 1.54) is 12.1 Å². The van der Waals surface area contributed by atoms with Crippen LogP contribution in [0, 0.1) is 17.9 Å². The van der Waals surface area contributed by atoms with E-state index in [-0.39, 0.29) is 17.0 Å². The van der Waals surface area contributed by atoms with Gasteiger partial charge in [0, 0.05) is 6.07 Å². The Morgan fingerprint density at radius 1 is 1.16 bits per heavy atom. The molecule has 0 spiro atoms. The summed E-state index contributed by atoms with van der Waals surface area (Å²) < 4.78 is 13.7. The van der Waals surface area contributed by atoms with Crippen molar-refractivity contribution in [3.05, 3.63) is 70.2 Å². The van der Waals surface area contributed by atoms with Crippen molar-refractivity contribution in [2.75, 3.05) is 0 Å². The summed E-state index contributed by atoms with van der Waals surface area (Å²) in [5.74, 6) is -0.957. The summed E-state index contributed by atoms with van der Waals surface area (Å²) in [5, 5.41) is 12.2. The lowest BCUT2D eigenvalue weighted by Crippen LogP contribution is -2.16. The standard InChI is InChI=1S/C15H10FNO2/c1-9-3-2-4-10(7-9)14-15(18)12-8-11(16)5-6-13(12)17(14)19/h2-8H,1H3. The number of Topliss-reactive ketones (excluding diaryl/α,β-unsaturated/α-hetero) is 1. The molecule has 0 N–H and O–H groups in total. The van der Waals surface area contributed by atoms with E-state index < -0.39 is 11.6 Å². The number of rotatable bonds is 1. The van der Waals surface area contributed by atoms with Crippen molar-refractivity contribution in [3.63, 3.8) is 0 Å². The van der Waals surface area contributed by atoms with Gasteiger partial charge in [-0.25, -0.2) is 4.39 Å². The van der Waals surface area contributed by atoms with Crippen LogP contribution in [0.5, 0.6) is 0 Å². The van der Waals surface area contributed by atoms with Gasteiger partial charge in [0.15, 0.2) is 0 Å². The van der Waals surface area contributed by atoms with Gasteiger partial charge in [0.05, 0.1) is 5.56 Å². The first-order valence-electron chi connectivity index (χ1n) is 5.83. The van der Waals surface area contributed by atoms with Gasteiger partial charge in [0.2, 0.25) is 5.69 Å². The summed E-state index contributed by atoms with van der Waals surface area (Å²) in [6.45, 7) is 1.88. The molecule has 1 aliphatic heterocycles. The second kappa shape index (κ2) is 4.02. The molecule has 4 heteroatoms. The average molecular weight is 255 g/mol. The van der Waals surface area contributed by atoms with Gasteiger partial charge in [-0.05, 0) is 31.2 Å². The number of carbonyl (C=O) groups excluding carboxylic acids is 1. The molecule has 0 aromatic heterocycles. The molecule has 0 aliphatic carbocycles. The highest BCUT2D eigenvalue weighted by atomic mass is 19.1. The molecule has 3 rings (SSSR count). The summed E-state index contributed by atoms with van der Waals surface area (Å²) in [6, 6.07) is 10.7. The predicted octanol–water partition coefficient (Wildman–Crippen LogP) is 2.96. The topological polar surface area (TPSA) is 43.1 Å². The Kier molecular flexibility index (Phi) is 2.45. The maximum absolute atomic E-state index is 13.2. The highest BCUT2D eigenvalue weighted by Gasteiger charge is 2.36. The number of halogens is 1. The van der Waals surface area contributed by atoms with Crippen molar-refractivity contribution in [2.45, 2.75) is 6.92 Å². The molecular formula is C15H10FNO2. The van der Waals surface area contributed by atoms with Crippen LogP contribution < -0.4 is 0 Å². The van der Waals surface area contributed by atoms with Crippen LogP contribution in [0.15, 0.2) is 42.5 Å². The summed E-state index contributed by atoms with van der Waals surface area (Å²) in [6.07, 6.45) is 0. The first-order chi connectivity index (χ1) is 9.08. The Morgan fingerprint density at radius 2 is 1.95 bits per heavy atom. The van der Waals surface area contributed by atoms with E-state index in [4.69, 9.17) is 0 Å². The first kappa shape index (κ1) is 11.6. The molecule has 0 saturated carbocycles. The van der Waals surface area contributed by atoms with Gasteiger partial charge >= 0.3 is 0 Å². The van der Waals surface area contributed by atoms with E-state index in [0.717, 1.165) is 11.6 Å². The molecular weight excluding hydrogens is 245 g/mol. The van der Waals surface area contributed by atoms with E-state index in [1.54, 1.807) is 18.2 Å². The Morgan fingerprint density at radius 3 is 2.68 bits per heavy atom. The first-order valence-corrected chi connectivity index (χ1v) is 5.83. The van der Waals surface area contributed by atoms with Crippen LogP contribution in [-0.2, 0) is 0 Å². The van der Waals surface area contributed by atoms with Gasteiger partial charge in [-0.2, -0.15) is 4.74 Å². The monoisotopic (exact) mass is 255 g/mol. The molecule has 2 aromatic rings. The zero-order valence-corrected chi connectivity index (χ0v) is 10.2. The number of benzene rings is 2. The second-order valence-electron chi connectivity index (χ2n) is 4.50. The number of aryl methyl sites for hydroxylation is 1. The van der Waals surface area contributed by atoms with E-state index in [2.05, 4.69) is 0 Å². The molecule has 0 bridgehead atoms. The molecule has 19 heavy (non-hydrogen) atoms. The number of ketones is 1. The fourth-order valence-electron chi connectivity index (χ4n) is 2.25. The molecule has 0 amide bonds. The smallest absolute Gasteiger partial charge is 0.272 e. The van der Waals surface area contributed by atoms with Crippen molar-refractivity contribution >= 4 is 17.2 Å². The molecule has 1 heterocycles. The lowest BCUT2D eigenvalue weighted by Gasteiger charge is -2.02. The molecule has 94 valence electrons. The van der Waals surface area contributed by atoms with Gasteiger partial charge in [-0.1, -0.05) is 17.7 Å². The van der Waals surface area contributed by atoms with Crippen molar-refractivity contribution in [2.24, 2.45) is 0 Å². The minimum absolute atomic E-state index is 0.0456. The Labute approximate surface area is 109 Å². The van der Waals surface area contributed by atoms with Crippen molar-refractivity contribution in [3.8, 4) is 0 Å². The van der Waals surface area contributed by atoms with Gasteiger partial charge in [0.1, 0.15) is 11.4 Å². The highest BCUT2D eigenvalue weighted by molar-refractivity contribution is 6.52. The number of hydrogen-bond donors (Lipinski definition) is 0. The fraction of sp³-hybridized carbons (Fsp3) is 0.0667. The second-order valence-corrected chi connectivity index (χ2v) is 4.50. The SMILES string of the molecule is Cc1cccc(C2=[N+]([O-])c3ccc(F)cc3C2=O)c1. The maximum atomic E-state index is 13.2. The number of hydrogen-bond acceptors (Lipinski definition) is 2. The van der Waals surface area contributed by atoms with E-state index >= 15 is 0 Å². The molecule has 0 unspecified atom stereocenters. The summed E-state index contributed by atoms with van der Waals surface area (Å²) in [4.78, 5) is 12.2. The third kappa shape index (κ3) is 1.73. The largest absolute Gasteiger partial charge is 0.618 e. The minimum Gasteiger partial charge on any atom is -0.618 e. The van der Waals surface area contributed by atoms with Gasteiger partial charge in [-0.15, -0.1) is 0 Å². The molecule has 0 radical (unpaired) electrons. The zero-order chi connectivity index (χ0) is 13.6. The average Bonchev–Trinajstić information content (AvgIpc) is 2.61. The fourth-order valence-corrected chi connectivity index (χ4v) is 2.25. The molecule has 2 aromatic carbocycles. The van der Waals surface area contributed by atoms with Crippen LogP contribution in [-0.4, -0.2) is 16.2 Å². The van der Waals surface area contributed by atoms with Gasteiger partial charge in [0.25, 0.3) is 11.5 Å². The van der Waals surface area contributed by atoms with Gasteiger partial charge < -0.3 is 5.21 Å². The molecule has 0 saturated heterocycles. The molecule has 0 atom stereocenters. The third-order valence-corrected chi connectivity index (χ3v) is 3.13. The Balaban J connectivity index is 2.20. The molecule has 1 aliphatic rings. The predicted molar refractivity (Wildman–Crippen MR) is 69.3 cm³/mol. The van der Waals surface area contributed by atoms with E-state index in [0.29, 0.717) is 10.3 Å². The van der Waals surface area contributed by atoms with E-state index in [1.807, 2.05) is 13.0 Å². The lowest BCUT2D eigenvalue weighted by atomic mass is 10.0. The van der Waals surface area contributed by atoms with Crippen molar-refractivity contribution in [1.29, 1.82) is 0 Å². The van der Waals surface area contributed by atoms with Crippen LogP contribution in [0.1, 0.15) is 21.5 Å². The maximum Gasteiger partial charge on any atom is 0.272 e. The molecule has 3 nitrogen and oxygen atoms in total. The number of nitrogens with zero attached hydrogens (tertiary/aromatic N) is 1. The van der Waals surface area contributed by atoms with Crippen LogP contribution in [0.2, 0.25) is 0 Å². The van der Waals surface area contributed by atoms with Crippen molar-refractivity contribution in [1.82, 2.24) is 0 Å². The lowest BCUT2D eigenvalue weighted by molar-refractivity contribution is -0.355. The van der Waals surface area contributed by atoms with Crippen LogP contribution >= 0.6 is 0 Å². The Bertz CT molecular complexity index is 735. The van der Waals surface area contributed by atoms with E-state index in [9.17, 15) is 14.4 Å². The normalized spacial score (nSPS) is 13.9. The zero-order valence-electron chi connectivity index (χ0n) is 10.2. The van der Waals surface area contributed by atoms with Crippen LogP contribution in [0.25, 0.3) is 0 Å². The van der Waals surface area contributed by atoms with Crippen molar-refractivity contribution < 1.29 is 13.9 Å². The van der Waals surface area contributed by atoms with Gasteiger partial charge in [-0.3, -0.25) is 4.79 Å².